The zero-order valence-corrected chi connectivity index (χ0v) is 11.7. The van der Waals surface area contributed by atoms with Crippen LogP contribution in [0.3, 0.4) is 0 Å². The molecule has 1 rings (SSSR count). The van der Waals surface area contributed by atoms with Crippen molar-refractivity contribution in [3.05, 3.63) is 29.8 Å². The summed E-state index contributed by atoms with van der Waals surface area (Å²) in [6.45, 7) is 6.64. The van der Waals surface area contributed by atoms with Gasteiger partial charge in [-0.3, -0.25) is 0 Å². The van der Waals surface area contributed by atoms with E-state index in [0.29, 0.717) is 5.75 Å². The molecule has 0 saturated heterocycles. The number of hydrogen-bond donors (Lipinski definition) is 0. The molecule has 0 aliphatic carbocycles. The van der Waals surface area contributed by atoms with Gasteiger partial charge in [0.05, 0.1) is 5.75 Å². The standard InChI is InChI=1S/C13H20O3S/c1-13(2,3)11-5-7-12(8-6-11)16-9-10-17(4,14)15/h5-8H,9-10H2,1-4H3. The Balaban J connectivity index is 2.58. The third-order valence-corrected chi connectivity index (χ3v) is 3.35. The molecule has 0 aliphatic rings. The molecule has 3 nitrogen and oxygen atoms in total. The van der Waals surface area contributed by atoms with E-state index < -0.39 is 9.84 Å². The quantitative estimate of drug-likeness (QED) is 0.831. The maximum absolute atomic E-state index is 10.9. The SMILES string of the molecule is CC(C)(C)c1ccc(OCCS(C)(=O)=O)cc1. The van der Waals surface area contributed by atoms with Gasteiger partial charge in [-0.2, -0.15) is 0 Å². The van der Waals surface area contributed by atoms with Gasteiger partial charge in [0.1, 0.15) is 12.4 Å². The van der Waals surface area contributed by atoms with Gasteiger partial charge in [0.15, 0.2) is 9.84 Å². The average Bonchev–Trinajstić information content (AvgIpc) is 2.15. The highest BCUT2D eigenvalue weighted by Gasteiger charge is 2.13. The molecular formula is C13H20O3S. The third kappa shape index (κ3) is 5.22. The van der Waals surface area contributed by atoms with Crippen LogP contribution in [-0.4, -0.2) is 27.0 Å². The summed E-state index contributed by atoms with van der Waals surface area (Å²) in [5, 5.41) is 0. The second-order valence-electron chi connectivity index (χ2n) is 5.25. The van der Waals surface area contributed by atoms with Gasteiger partial charge in [-0.15, -0.1) is 0 Å². The van der Waals surface area contributed by atoms with E-state index in [1.54, 1.807) is 0 Å². The predicted octanol–water partition coefficient (Wildman–Crippen LogP) is 2.41. The molecule has 0 amide bonds. The van der Waals surface area contributed by atoms with Crippen LogP contribution in [-0.2, 0) is 15.3 Å². The Morgan fingerprint density at radius 1 is 1.12 bits per heavy atom. The van der Waals surface area contributed by atoms with Crippen LogP contribution >= 0.6 is 0 Å². The molecule has 0 atom stereocenters. The molecule has 17 heavy (non-hydrogen) atoms. The van der Waals surface area contributed by atoms with Crippen molar-refractivity contribution in [2.24, 2.45) is 0 Å². The molecule has 0 aromatic heterocycles. The monoisotopic (exact) mass is 256 g/mol. The molecule has 0 aliphatic heterocycles. The summed E-state index contributed by atoms with van der Waals surface area (Å²) in [5.41, 5.74) is 1.35. The zero-order chi connectivity index (χ0) is 13.1. The lowest BCUT2D eigenvalue weighted by Gasteiger charge is -2.19. The highest BCUT2D eigenvalue weighted by atomic mass is 32.2. The van der Waals surface area contributed by atoms with Crippen LogP contribution in [0.25, 0.3) is 0 Å². The van der Waals surface area contributed by atoms with Crippen molar-refractivity contribution in [3.8, 4) is 5.75 Å². The van der Waals surface area contributed by atoms with Crippen molar-refractivity contribution in [2.45, 2.75) is 26.2 Å². The minimum atomic E-state index is -2.95. The topological polar surface area (TPSA) is 43.4 Å². The fourth-order valence-corrected chi connectivity index (χ4v) is 1.75. The van der Waals surface area contributed by atoms with E-state index in [2.05, 4.69) is 20.8 Å². The molecule has 0 unspecified atom stereocenters. The number of benzene rings is 1. The molecule has 0 bridgehead atoms. The third-order valence-electron chi connectivity index (χ3n) is 2.44. The molecule has 0 N–H and O–H groups in total. The van der Waals surface area contributed by atoms with Gasteiger partial charge in [0.25, 0.3) is 0 Å². The van der Waals surface area contributed by atoms with Crippen molar-refractivity contribution in [1.29, 1.82) is 0 Å². The molecule has 1 aromatic carbocycles. The number of rotatable bonds is 4. The second kappa shape index (κ2) is 5.08. The van der Waals surface area contributed by atoms with E-state index >= 15 is 0 Å². The Labute approximate surface area is 104 Å². The zero-order valence-electron chi connectivity index (χ0n) is 10.9. The van der Waals surface area contributed by atoms with Crippen LogP contribution in [0, 0.1) is 0 Å². The van der Waals surface area contributed by atoms with Crippen LogP contribution < -0.4 is 4.74 Å². The Bertz CT molecular complexity index is 452. The van der Waals surface area contributed by atoms with Crippen LogP contribution in [0.1, 0.15) is 26.3 Å². The number of hydrogen-bond acceptors (Lipinski definition) is 3. The minimum Gasteiger partial charge on any atom is -0.493 e. The highest BCUT2D eigenvalue weighted by molar-refractivity contribution is 7.90. The van der Waals surface area contributed by atoms with Crippen molar-refractivity contribution >= 4 is 9.84 Å². The molecule has 4 heteroatoms. The van der Waals surface area contributed by atoms with E-state index in [1.165, 1.54) is 11.8 Å². The summed E-state index contributed by atoms with van der Waals surface area (Å²) in [4.78, 5) is 0. The van der Waals surface area contributed by atoms with E-state index in [4.69, 9.17) is 4.74 Å². The Morgan fingerprint density at radius 3 is 2.06 bits per heavy atom. The van der Waals surface area contributed by atoms with Crippen molar-refractivity contribution in [3.63, 3.8) is 0 Å². The Hall–Kier alpha value is -1.03. The van der Waals surface area contributed by atoms with Gasteiger partial charge in [0, 0.05) is 6.26 Å². The minimum absolute atomic E-state index is 0.0496. The number of ether oxygens (including phenoxy) is 1. The van der Waals surface area contributed by atoms with Crippen molar-refractivity contribution in [1.82, 2.24) is 0 Å². The fourth-order valence-electron chi connectivity index (χ4n) is 1.36. The lowest BCUT2D eigenvalue weighted by Crippen LogP contribution is -2.13. The molecule has 0 spiro atoms. The first-order valence-electron chi connectivity index (χ1n) is 5.59. The Kier molecular flexibility index (Phi) is 4.20. The smallest absolute Gasteiger partial charge is 0.150 e. The van der Waals surface area contributed by atoms with Gasteiger partial charge in [-0.25, -0.2) is 8.42 Å². The lowest BCUT2D eigenvalue weighted by atomic mass is 9.87. The second-order valence-corrected chi connectivity index (χ2v) is 7.51. The molecular weight excluding hydrogens is 236 g/mol. The van der Waals surface area contributed by atoms with Gasteiger partial charge >= 0.3 is 0 Å². The Morgan fingerprint density at radius 2 is 1.65 bits per heavy atom. The van der Waals surface area contributed by atoms with E-state index in [1.807, 2.05) is 24.3 Å². The van der Waals surface area contributed by atoms with Gasteiger partial charge < -0.3 is 4.74 Å². The van der Waals surface area contributed by atoms with E-state index in [0.717, 1.165) is 0 Å². The maximum atomic E-state index is 10.9. The normalized spacial score (nSPS) is 12.5. The predicted molar refractivity (Wildman–Crippen MR) is 70.3 cm³/mol. The first-order chi connectivity index (χ1) is 7.68. The van der Waals surface area contributed by atoms with Gasteiger partial charge in [0.2, 0.25) is 0 Å². The molecule has 0 heterocycles. The van der Waals surface area contributed by atoms with Gasteiger partial charge in [-0.1, -0.05) is 32.9 Å². The van der Waals surface area contributed by atoms with Crippen LogP contribution in [0.15, 0.2) is 24.3 Å². The highest BCUT2D eigenvalue weighted by Crippen LogP contribution is 2.24. The average molecular weight is 256 g/mol. The van der Waals surface area contributed by atoms with Gasteiger partial charge in [-0.05, 0) is 23.1 Å². The first kappa shape index (κ1) is 14.0. The van der Waals surface area contributed by atoms with Crippen LogP contribution in [0.2, 0.25) is 0 Å². The van der Waals surface area contributed by atoms with Crippen LogP contribution in [0.5, 0.6) is 5.75 Å². The molecule has 0 fully saturated rings. The van der Waals surface area contributed by atoms with Crippen LogP contribution in [0.4, 0.5) is 0 Å². The first-order valence-corrected chi connectivity index (χ1v) is 7.65. The van der Waals surface area contributed by atoms with E-state index in [-0.39, 0.29) is 17.8 Å². The lowest BCUT2D eigenvalue weighted by molar-refractivity contribution is 0.341. The summed E-state index contributed by atoms with van der Waals surface area (Å²) in [6, 6.07) is 7.78. The molecule has 0 radical (unpaired) electrons. The summed E-state index contributed by atoms with van der Waals surface area (Å²) in [5.74, 6) is 0.759. The summed E-state index contributed by atoms with van der Waals surface area (Å²) in [6.07, 6.45) is 1.21. The summed E-state index contributed by atoms with van der Waals surface area (Å²) >= 11 is 0. The summed E-state index contributed by atoms with van der Waals surface area (Å²) in [7, 11) is -2.95. The molecule has 96 valence electrons. The largest absolute Gasteiger partial charge is 0.493 e. The van der Waals surface area contributed by atoms with E-state index in [9.17, 15) is 8.42 Å². The number of sulfone groups is 1. The van der Waals surface area contributed by atoms with Crippen molar-refractivity contribution < 1.29 is 13.2 Å². The molecule has 0 saturated carbocycles. The molecule has 1 aromatic rings. The maximum Gasteiger partial charge on any atom is 0.150 e. The summed E-state index contributed by atoms with van der Waals surface area (Å²) < 4.78 is 27.2. The fraction of sp³-hybridized carbons (Fsp3) is 0.538. The van der Waals surface area contributed by atoms with Crippen molar-refractivity contribution in [2.75, 3.05) is 18.6 Å².